The highest BCUT2D eigenvalue weighted by Crippen LogP contribution is 2.34. The molecule has 90 valence electrons. The highest BCUT2D eigenvalue weighted by molar-refractivity contribution is 9.10. The van der Waals surface area contributed by atoms with Crippen LogP contribution in [-0.4, -0.2) is 20.6 Å². The van der Waals surface area contributed by atoms with Gasteiger partial charge in [0, 0.05) is 24.8 Å². The fourth-order valence-electron chi connectivity index (χ4n) is 2.36. The SMILES string of the molecule is CCC1Cn2c(c(Br)c3c(N)ncnc32)CN1. The van der Waals surface area contributed by atoms with Gasteiger partial charge in [0.25, 0.3) is 0 Å². The first kappa shape index (κ1) is 11.0. The Kier molecular flexibility index (Phi) is 2.56. The molecular weight excluding hydrogens is 282 g/mol. The fourth-order valence-corrected chi connectivity index (χ4v) is 3.10. The number of halogens is 1. The lowest BCUT2D eigenvalue weighted by molar-refractivity contribution is 0.388. The van der Waals surface area contributed by atoms with Crippen LogP contribution in [0.5, 0.6) is 0 Å². The molecule has 1 aliphatic heterocycles. The Balaban J connectivity index is 2.26. The molecule has 0 aromatic carbocycles. The first-order valence-corrected chi connectivity index (χ1v) is 6.52. The number of nitrogens with zero attached hydrogens (tertiary/aromatic N) is 3. The third-order valence-electron chi connectivity index (χ3n) is 3.36. The lowest BCUT2D eigenvalue weighted by Crippen LogP contribution is -2.38. The van der Waals surface area contributed by atoms with Crippen LogP contribution in [0.3, 0.4) is 0 Å². The Morgan fingerprint density at radius 2 is 2.41 bits per heavy atom. The van der Waals surface area contributed by atoms with Gasteiger partial charge < -0.3 is 15.6 Å². The molecule has 3 heterocycles. The van der Waals surface area contributed by atoms with E-state index in [0.717, 1.165) is 35.0 Å². The molecule has 0 bridgehead atoms. The quantitative estimate of drug-likeness (QED) is 0.839. The molecule has 3 N–H and O–H groups in total. The minimum Gasteiger partial charge on any atom is -0.383 e. The first-order valence-electron chi connectivity index (χ1n) is 5.72. The Hall–Kier alpha value is -1.14. The maximum absolute atomic E-state index is 5.92. The Morgan fingerprint density at radius 1 is 1.59 bits per heavy atom. The van der Waals surface area contributed by atoms with Gasteiger partial charge in [-0.15, -0.1) is 0 Å². The fraction of sp³-hybridized carbons (Fsp3) is 0.455. The van der Waals surface area contributed by atoms with Gasteiger partial charge in [-0.3, -0.25) is 0 Å². The number of anilines is 1. The van der Waals surface area contributed by atoms with Crippen LogP contribution in [0.15, 0.2) is 10.8 Å². The van der Waals surface area contributed by atoms with E-state index >= 15 is 0 Å². The van der Waals surface area contributed by atoms with Crippen LogP contribution in [0.4, 0.5) is 5.82 Å². The van der Waals surface area contributed by atoms with Crippen molar-refractivity contribution >= 4 is 32.8 Å². The number of aromatic nitrogens is 3. The summed E-state index contributed by atoms with van der Waals surface area (Å²) in [6.45, 7) is 3.96. The lowest BCUT2D eigenvalue weighted by atomic mass is 10.2. The molecule has 1 unspecified atom stereocenters. The summed E-state index contributed by atoms with van der Waals surface area (Å²) in [6, 6.07) is 0.501. The maximum Gasteiger partial charge on any atom is 0.146 e. The molecular formula is C11H14BrN5. The normalized spacial score (nSPS) is 19.5. The molecule has 17 heavy (non-hydrogen) atoms. The van der Waals surface area contributed by atoms with Crippen LogP contribution in [0.25, 0.3) is 11.0 Å². The van der Waals surface area contributed by atoms with E-state index in [1.54, 1.807) is 0 Å². The number of rotatable bonds is 1. The number of nitrogens with two attached hydrogens (primary N) is 1. The number of fused-ring (bicyclic) bond motifs is 3. The van der Waals surface area contributed by atoms with Crippen LogP contribution in [-0.2, 0) is 13.1 Å². The van der Waals surface area contributed by atoms with Gasteiger partial charge in [0.1, 0.15) is 17.8 Å². The summed E-state index contributed by atoms with van der Waals surface area (Å²) in [7, 11) is 0. The van der Waals surface area contributed by atoms with Crippen LogP contribution in [0.2, 0.25) is 0 Å². The van der Waals surface area contributed by atoms with Gasteiger partial charge >= 0.3 is 0 Å². The highest BCUT2D eigenvalue weighted by Gasteiger charge is 2.24. The first-order chi connectivity index (χ1) is 8.22. The van der Waals surface area contributed by atoms with Crippen molar-refractivity contribution in [3.63, 3.8) is 0 Å². The van der Waals surface area contributed by atoms with Gasteiger partial charge in [-0.2, -0.15) is 0 Å². The average Bonchev–Trinajstić information content (AvgIpc) is 2.64. The van der Waals surface area contributed by atoms with Crippen LogP contribution < -0.4 is 11.1 Å². The van der Waals surface area contributed by atoms with Crippen molar-refractivity contribution in [1.82, 2.24) is 19.9 Å². The molecule has 2 aromatic rings. The summed E-state index contributed by atoms with van der Waals surface area (Å²) < 4.78 is 3.26. The van der Waals surface area contributed by atoms with Crippen molar-refractivity contribution in [3.8, 4) is 0 Å². The van der Waals surface area contributed by atoms with Crippen molar-refractivity contribution in [3.05, 3.63) is 16.5 Å². The van der Waals surface area contributed by atoms with Crippen LogP contribution in [0, 0.1) is 0 Å². The minimum atomic E-state index is 0.501. The van der Waals surface area contributed by atoms with Crippen molar-refractivity contribution in [2.24, 2.45) is 0 Å². The van der Waals surface area contributed by atoms with E-state index < -0.39 is 0 Å². The van der Waals surface area contributed by atoms with Gasteiger partial charge in [0.15, 0.2) is 0 Å². The van der Waals surface area contributed by atoms with Crippen LogP contribution in [0.1, 0.15) is 19.0 Å². The second kappa shape index (κ2) is 3.96. The largest absolute Gasteiger partial charge is 0.383 e. The highest BCUT2D eigenvalue weighted by atomic mass is 79.9. The number of hydrogen-bond acceptors (Lipinski definition) is 4. The van der Waals surface area contributed by atoms with E-state index in [0.29, 0.717) is 11.9 Å². The number of nitrogens with one attached hydrogen (secondary N) is 1. The summed E-state index contributed by atoms with van der Waals surface area (Å²) in [5.41, 5.74) is 8.06. The standard InChI is InChI=1S/C11H14BrN5/c1-2-6-4-17-7(3-14-6)9(12)8-10(13)15-5-16-11(8)17/h5-6,14H,2-4H2,1H3,(H2,13,15,16). The Bertz CT molecular complexity index is 577. The number of hydrogen-bond donors (Lipinski definition) is 2. The molecule has 0 spiro atoms. The van der Waals surface area contributed by atoms with Crippen molar-refractivity contribution < 1.29 is 0 Å². The van der Waals surface area contributed by atoms with E-state index in [1.807, 2.05) is 0 Å². The zero-order valence-electron chi connectivity index (χ0n) is 9.57. The van der Waals surface area contributed by atoms with Crippen molar-refractivity contribution in [1.29, 1.82) is 0 Å². The molecule has 1 aliphatic rings. The topological polar surface area (TPSA) is 68.8 Å². The summed E-state index contributed by atoms with van der Waals surface area (Å²) in [5.74, 6) is 0.539. The van der Waals surface area contributed by atoms with Crippen molar-refractivity contribution in [2.75, 3.05) is 5.73 Å². The lowest BCUT2D eigenvalue weighted by Gasteiger charge is -2.25. The molecule has 5 nitrogen and oxygen atoms in total. The molecule has 0 saturated heterocycles. The molecule has 0 amide bonds. The second-order valence-corrected chi connectivity index (χ2v) is 5.11. The Labute approximate surface area is 108 Å². The van der Waals surface area contributed by atoms with Gasteiger partial charge in [0.05, 0.1) is 9.86 Å². The van der Waals surface area contributed by atoms with Gasteiger partial charge in [-0.05, 0) is 22.4 Å². The van der Waals surface area contributed by atoms with Crippen LogP contribution >= 0.6 is 15.9 Å². The summed E-state index contributed by atoms with van der Waals surface area (Å²) in [4.78, 5) is 8.41. The Morgan fingerprint density at radius 3 is 3.18 bits per heavy atom. The van der Waals surface area contributed by atoms with E-state index in [9.17, 15) is 0 Å². The number of nitrogen functional groups attached to an aromatic ring is 1. The molecule has 6 heteroatoms. The van der Waals surface area contributed by atoms with E-state index in [1.165, 1.54) is 12.0 Å². The maximum atomic E-state index is 5.92. The van der Waals surface area contributed by atoms with Gasteiger partial charge in [-0.25, -0.2) is 9.97 Å². The molecule has 3 rings (SSSR count). The zero-order chi connectivity index (χ0) is 12.0. The third kappa shape index (κ3) is 1.55. The summed E-state index contributed by atoms with van der Waals surface area (Å²) in [5, 5.41) is 4.44. The summed E-state index contributed by atoms with van der Waals surface area (Å²) in [6.07, 6.45) is 2.64. The minimum absolute atomic E-state index is 0.501. The van der Waals surface area contributed by atoms with Crippen molar-refractivity contribution in [2.45, 2.75) is 32.5 Å². The van der Waals surface area contributed by atoms with Gasteiger partial charge in [0.2, 0.25) is 0 Å². The molecule has 0 saturated carbocycles. The average molecular weight is 296 g/mol. The predicted octanol–water partition coefficient (Wildman–Crippen LogP) is 1.66. The zero-order valence-corrected chi connectivity index (χ0v) is 11.2. The third-order valence-corrected chi connectivity index (χ3v) is 4.22. The van der Waals surface area contributed by atoms with E-state index in [4.69, 9.17) is 5.73 Å². The smallest absolute Gasteiger partial charge is 0.146 e. The van der Waals surface area contributed by atoms with E-state index in [2.05, 4.69) is 42.7 Å². The second-order valence-electron chi connectivity index (χ2n) is 4.31. The molecule has 2 aromatic heterocycles. The molecule has 0 aliphatic carbocycles. The monoisotopic (exact) mass is 295 g/mol. The molecule has 1 atom stereocenters. The predicted molar refractivity (Wildman–Crippen MR) is 70.6 cm³/mol. The van der Waals surface area contributed by atoms with Gasteiger partial charge in [-0.1, -0.05) is 6.92 Å². The summed E-state index contributed by atoms with van der Waals surface area (Å²) >= 11 is 3.61. The van der Waals surface area contributed by atoms with E-state index in [-0.39, 0.29) is 0 Å². The molecule has 0 radical (unpaired) electrons. The molecule has 0 fully saturated rings.